The maximum Gasteiger partial charge on any atom is 0.294 e. The van der Waals surface area contributed by atoms with Crippen molar-refractivity contribution in [1.29, 1.82) is 0 Å². The molecule has 0 radical (unpaired) electrons. The zero-order valence-corrected chi connectivity index (χ0v) is 11.7. The molecule has 0 saturated carbocycles. The van der Waals surface area contributed by atoms with Gasteiger partial charge >= 0.3 is 0 Å². The highest BCUT2D eigenvalue weighted by molar-refractivity contribution is 7.85. The topological polar surface area (TPSA) is 54.4 Å². The third-order valence-electron chi connectivity index (χ3n) is 2.88. The summed E-state index contributed by atoms with van der Waals surface area (Å²) in [6, 6.07) is 4.87. The Morgan fingerprint density at radius 1 is 1.39 bits per heavy atom. The van der Waals surface area contributed by atoms with Gasteiger partial charge in [-0.25, -0.2) is 0 Å². The molecule has 0 heterocycles. The van der Waals surface area contributed by atoms with Crippen LogP contribution in [0.3, 0.4) is 0 Å². The van der Waals surface area contributed by atoms with Crippen LogP contribution < -0.4 is 0 Å². The highest BCUT2D eigenvalue weighted by atomic mass is 32.2. The first-order chi connectivity index (χ1) is 8.36. The maximum absolute atomic E-state index is 11.3. The zero-order chi connectivity index (χ0) is 13.8. The first-order valence-electron chi connectivity index (χ1n) is 6.08. The molecular weight excluding hydrogens is 248 g/mol. The molecule has 0 aliphatic heterocycles. The summed E-state index contributed by atoms with van der Waals surface area (Å²) < 4.78 is 31.9. The molecule has 0 unspecified atom stereocenters. The average molecular weight is 268 g/mol. The smallest absolute Gasteiger partial charge is 0.282 e. The van der Waals surface area contributed by atoms with Crippen LogP contribution in [0.4, 0.5) is 0 Å². The standard InChI is InChI=1S/C14H20O3S/c1-4-12-8-6-10-14(18(15,16)17)13(12)9-5-7-11(2)3/h4,6,8,10-11H,1,5,7,9H2,2-3H3,(H,15,16,17). The van der Waals surface area contributed by atoms with Gasteiger partial charge in [0.05, 0.1) is 4.90 Å². The summed E-state index contributed by atoms with van der Waals surface area (Å²) in [4.78, 5) is 0.00339. The highest BCUT2D eigenvalue weighted by Crippen LogP contribution is 2.23. The van der Waals surface area contributed by atoms with E-state index >= 15 is 0 Å². The molecule has 1 rings (SSSR count). The van der Waals surface area contributed by atoms with Crippen LogP contribution in [-0.2, 0) is 16.5 Å². The van der Waals surface area contributed by atoms with E-state index in [0.29, 0.717) is 17.9 Å². The van der Waals surface area contributed by atoms with Gasteiger partial charge in [-0.05, 0) is 36.0 Å². The van der Waals surface area contributed by atoms with E-state index in [2.05, 4.69) is 20.4 Å². The van der Waals surface area contributed by atoms with E-state index in [1.807, 2.05) is 6.07 Å². The second kappa shape index (κ2) is 6.16. The van der Waals surface area contributed by atoms with Gasteiger partial charge in [-0.3, -0.25) is 4.55 Å². The molecule has 0 spiro atoms. The van der Waals surface area contributed by atoms with Crippen LogP contribution in [0.2, 0.25) is 0 Å². The van der Waals surface area contributed by atoms with Crippen molar-refractivity contribution in [3.63, 3.8) is 0 Å². The Labute approximate surface area is 109 Å². The quantitative estimate of drug-likeness (QED) is 0.803. The molecule has 100 valence electrons. The Balaban J connectivity index is 3.09. The third kappa shape index (κ3) is 3.96. The summed E-state index contributed by atoms with van der Waals surface area (Å²) in [6.07, 6.45) is 4.18. The maximum atomic E-state index is 11.3. The fraction of sp³-hybridized carbons (Fsp3) is 0.429. The van der Waals surface area contributed by atoms with Gasteiger partial charge in [-0.2, -0.15) is 8.42 Å². The van der Waals surface area contributed by atoms with Crippen molar-refractivity contribution in [2.75, 3.05) is 0 Å². The van der Waals surface area contributed by atoms with Crippen molar-refractivity contribution in [3.8, 4) is 0 Å². The molecule has 0 amide bonds. The number of hydrogen-bond acceptors (Lipinski definition) is 2. The van der Waals surface area contributed by atoms with Crippen molar-refractivity contribution in [3.05, 3.63) is 35.9 Å². The van der Waals surface area contributed by atoms with E-state index in [1.54, 1.807) is 12.1 Å². The summed E-state index contributed by atoms with van der Waals surface area (Å²) in [7, 11) is -4.16. The van der Waals surface area contributed by atoms with Gasteiger partial charge in [0.25, 0.3) is 10.1 Å². The molecule has 0 aromatic heterocycles. The molecule has 0 aliphatic carbocycles. The highest BCUT2D eigenvalue weighted by Gasteiger charge is 2.16. The van der Waals surface area contributed by atoms with Crippen molar-refractivity contribution in [1.82, 2.24) is 0 Å². The van der Waals surface area contributed by atoms with Crippen molar-refractivity contribution in [2.24, 2.45) is 5.92 Å². The van der Waals surface area contributed by atoms with Crippen molar-refractivity contribution in [2.45, 2.75) is 38.0 Å². The van der Waals surface area contributed by atoms with E-state index in [9.17, 15) is 13.0 Å². The lowest BCUT2D eigenvalue weighted by Crippen LogP contribution is -2.05. The first kappa shape index (κ1) is 14.9. The third-order valence-corrected chi connectivity index (χ3v) is 3.81. The minimum Gasteiger partial charge on any atom is -0.282 e. The van der Waals surface area contributed by atoms with Crippen LogP contribution in [0.5, 0.6) is 0 Å². The van der Waals surface area contributed by atoms with Crippen LogP contribution in [0, 0.1) is 5.92 Å². The lowest BCUT2D eigenvalue weighted by atomic mass is 9.99. The van der Waals surface area contributed by atoms with Gasteiger partial charge < -0.3 is 0 Å². The predicted octanol–water partition coefficient (Wildman–Crippen LogP) is 3.56. The fourth-order valence-electron chi connectivity index (χ4n) is 1.97. The average Bonchev–Trinajstić information content (AvgIpc) is 2.27. The van der Waals surface area contributed by atoms with Crippen LogP contribution in [0.15, 0.2) is 29.7 Å². The molecule has 1 aromatic rings. The fourth-order valence-corrected chi connectivity index (χ4v) is 2.75. The Hall–Kier alpha value is -1.13. The lowest BCUT2D eigenvalue weighted by Gasteiger charge is -2.11. The van der Waals surface area contributed by atoms with Gasteiger partial charge in [0.15, 0.2) is 0 Å². The lowest BCUT2D eigenvalue weighted by molar-refractivity contribution is 0.481. The SMILES string of the molecule is C=Cc1cccc(S(=O)(=O)O)c1CCCC(C)C. The van der Waals surface area contributed by atoms with Gasteiger partial charge in [-0.15, -0.1) is 0 Å². The summed E-state index contributed by atoms with van der Waals surface area (Å²) in [6.45, 7) is 7.94. The van der Waals surface area contributed by atoms with E-state index in [4.69, 9.17) is 0 Å². The molecule has 1 N–H and O–H groups in total. The number of benzene rings is 1. The number of rotatable bonds is 6. The second-order valence-corrected chi connectivity index (χ2v) is 6.18. The van der Waals surface area contributed by atoms with Gasteiger partial charge in [0.1, 0.15) is 0 Å². The second-order valence-electron chi connectivity index (χ2n) is 4.79. The molecule has 0 bridgehead atoms. The summed E-state index contributed by atoms with van der Waals surface area (Å²) in [5.74, 6) is 0.579. The molecule has 1 aromatic carbocycles. The molecule has 0 fully saturated rings. The minimum atomic E-state index is -4.16. The Kier molecular flexibility index (Phi) is 5.11. The van der Waals surface area contributed by atoms with Crippen LogP contribution >= 0.6 is 0 Å². The van der Waals surface area contributed by atoms with E-state index in [0.717, 1.165) is 18.4 Å². The van der Waals surface area contributed by atoms with Crippen LogP contribution in [-0.4, -0.2) is 13.0 Å². The molecule has 0 atom stereocenters. The monoisotopic (exact) mass is 268 g/mol. The van der Waals surface area contributed by atoms with Crippen molar-refractivity contribution >= 4 is 16.2 Å². The zero-order valence-electron chi connectivity index (χ0n) is 10.9. The largest absolute Gasteiger partial charge is 0.294 e. The Morgan fingerprint density at radius 2 is 2.06 bits per heavy atom. The van der Waals surface area contributed by atoms with Crippen LogP contribution in [0.1, 0.15) is 37.8 Å². The molecule has 18 heavy (non-hydrogen) atoms. The van der Waals surface area contributed by atoms with E-state index < -0.39 is 10.1 Å². The summed E-state index contributed by atoms with van der Waals surface area (Å²) >= 11 is 0. The molecule has 0 saturated heterocycles. The molecule has 0 aliphatic rings. The molecular formula is C14H20O3S. The van der Waals surface area contributed by atoms with Crippen molar-refractivity contribution < 1.29 is 13.0 Å². The van der Waals surface area contributed by atoms with E-state index in [-0.39, 0.29) is 4.90 Å². The van der Waals surface area contributed by atoms with E-state index in [1.165, 1.54) is 6.07 Å². The molecule has 3 nitrogen and oxygen atoms in total. The predicted molar refractivity (Wildman–Crippen MR) is 74.1 cm³/mol. The molecule has 4 heteroatoms. The van der Waals surface area contributed by atoms with Gasteiger partial charge in [-0.1, -0.05) is 45.1 Å². The minimum absolute atomic E-state index is 0.00339. The van der Waals surface area contributed by atoms with Gasteiger partial charge in [0.2, 0.25) is 0 Å². The summed E-state index contributed by atoms with van der Waals surface area (Å²) in [5.41, 5.74) is 1.43. The normalized spacial score (nSPS) is 11.8. The number of hydrogen-bond donors (Lipinski definition) is 1. The van der Waals surface area contributed by atoms with Gasteiger partial charge in [0, 0.05) is 0 Å². The Bertz CT molecular complexity index is 516. The Morgan fingerprint density at radius 3 is 2.56 bits per heavy atom. The summed E-state index contributed by atoms with van der Waals surface area (Å²) in [5, 5.41) is 0. The van der Waals surface area contributed by atoms with Crippen LogP contribution in [0.25, 0.3) is 6.08 Å². The first-order valence-corrected chi connectivity index (χ1v) is 7.52.